The minimum absolute atomic E-state index is 0.0286. The average molecular weight is 319 g/mol. The molecule has 1 saturated carbocycles. The lowest BCUT2D eigenvalue weighted by molar-refractivity contribution is -0.0729. The second-order valence-electron chi connectivity index (χ2n) is 5.25. The van der Waals surface area contributed by atoms with Gasteiger partial charge in [-0.2, -0.15) is 0 Å². The van der Waals surface area contributed by atoms with E-state index < -0.39 is 0 Å². The fourth-order valence-corrected chi connectivity index (χ4v) is 2.59. The van der Waals surface area contributed by atoms with Gasteiger partial charge in [-0.15, -0.1) is 0 Å². The topological polar surface area (TPSA) is 32.3 Å². The van der Waals surface area contributed by atoms with E-state index in [9.17, 15) is 5.11 Å². The first-order chi connectivity index (χ1) is 7.91. The zero-order valence-electron chi connectivity index (χ0n) is 10.0. The van der Waals surface area contributed by atoms with Crippen LogP contribution in [0.3, 0.4) is 0 Å². The van der Waals surface area contributed by atoms with Crippen LogP contribution < -0.4 is 5.32 Å². The Bertz CT molecular complexity index is 422. The molecular formula is C13H17BrClNO. The first-order valence-electron chi connectivity index (χ1n) is 5.76. The fourth-order valence-electron chi connectivity index (χ4n) is 2.14. The molecule has 17 heavy (non-hydrogen) atoms. The number of aliphatic hydroxyl groups excluding tert-OH is 1. The van der Waals surface area contributed by atoms with Gasteiger partial charge in [-0.3, -0.25) is 0 Å². The van der Waals surface area contributed by atoms with Gasteiger partial charge >= 0.3 is 0 Å². The summed E-state index contributed by atoms with van der Waals surface area (Å²) in [5.74, 6) is 0. The number of rotatable bonds is 3. The summed E-state index contributed by atoms with van der Waals surface area (Å²) in [5.41, 5.74) is 1.13. The Kier molecular flexibility index (Phi) is 3.83. The zero-order chi connectivity index (χ0) is 12.6. The van der Waals surface area contributed by atoms with Crippen LogP contribution in [0, 0.1) is 5.41 Å². The Morgan fingerprint density at radius 2 is 2.24 bits per heavy atom. The van der Waals surface area contributed by atoms with Gasteiger partial charge in [0.05, 0.1) is 11.1 Å². The van der Waals surface area contributed by atoms with Crippen LogP contribution in [0.5, 0.6) is 0 Å². The van der Waals surface area contributed by atoms with Gasteiger partial charge in [0.25, 0.3) is 0 Å². The summed E-state index contributed by atoms with van der Waals surface area (Å²) in [4.78, 5) is 0. The highest BCUT2D eigenvalue weighted by Crippen LogP contribution is 2.40. The van der Waals surface area contributed by atoms with Crippen molar-refractivity contribution < 1.29 is 5.11 Å². The second kappa shape index (κ2) is 4.88. The molecule has 0 aliphatic heterocycles. The lowest BCUT2D eigenvalue weighted by Gasteiger charge is -2.49. The molecule has 2 rings (SSSR count). The van der Waals surface area contributed by atoms with Gasteiger partial charge in [0, 0.05) is 22.5 Å². The number of halogens is 2. The first kappa shape index (κ1) is 13.3. The first-order valence-corrected chi connectivity index (χ1v) is 6.93. The molecule has 0 saturated heterocycles. The summed E-state index contributed by atoms with van der Waals surface area (Å²) >= 11 is 9.42. The van der Waals surface area contributed by atoms with E-state index in [2.05, 4.69) is 35.1 Å². The Morgan fingerprint density at radius 3 is 2.76 bits per heavy atom. The van der Waals surface area contributed by atoms with Crippen LogP contribution in [0.15, 0.2) is 22.7 Å². The maximum absolute atomic E-state index is 9.66. The van der Waals surface area contributed by atoms with Crippen LogP contribution >= 0.6 is 27.5 Å². The van der Waals surface area contributed by atoms with Gasteiger partial charge in [-0.1, -0.05) is 31.5 Å². The highest BCUT2D eigenvalue weighted by Gasteiger charge is 2.46. The monoisotopic (exact) mass is 317 g/mol. The Labute approximate surface area is 115 Å². The van der Waals surface area contributed by atoms with Crippen LogP contribution in [-0.4, -0.2) is 17.3 Å². The van der Waals surface area contributed by atoms with E-state index >= 15 is 0 Å². The Morgan fingerprint density at radius 1 is 1.53 bits per heavy atom. The molecular weight excluding hydrogens is 302 g/mol. The second-order valence-corrected chi connectivity index (χ2v) is 6.52. The van der Waals surface area contributed by atoms with Crippen molar-refractivity contribution in [2.24, 2.45) is 5.41 Å². The average Bonchev–Trinajstić information content (AvgIpc) is 2.28. The summed E-state index contributed by atoms with van der Waals surface area (Å²) in [5, 5.41) is 13.9. The van der Waals surface area contributed by atoms with E-state index in [1.165, 1.54) is 0 Å². The van der Waals surface area contributed by atoms with Crippen molar-refractivity contribution in [1.29, 1.82) is 0 Å². The number of hydrogen-bond donors (Lipinski definition) is 2. The highest BCUT2D eigenvalue weighted by atomic mass is 79.9. The van der Waals surface area contributed by atoms with Crippen LogP contribution in [0.1, 0.15) is 25.8 Å². The standard InChI is InChI=1S/C13H17BrClNO/c1-13(2)11(6-12(13)17)16-7-8-3-4-9(14)10(15)5-8/h3-5,11-12,16-17H,6-7H2,1-2H3. The van der Waals surface area contributed by atoms with Crippen molar-refractivity contribution in [2.45, 2.75) is 39.0 Å². The summed E-state index contributed by atoms with van der Waals surface area (Å²) in [7, 11) is 0. The molecule has 2 nitrogen and oxygen atoms in total. The molecule has 2 unspecified atom stereocenters. The third-order valence-corrected chi connectivity index (χ3v) is 4.98. The third-order valence-electron chi connectivity index (χ3n) is 3.75. The zero-order valence-corrected chi connectivity index (χ0v) is 12.3. The molecule has 1 fully saturated rings. The van der Waals surface area contributed by atoms with E-state index in [-0.39, 0.29) is 11.5 Å². The smallest absolute Gasteiger partial charge is 0.0621 e. The highest BCUT2D eigenvalue weighted by molar-refractivity contribution is 9.10. The number of hydrogen-bond acceptors (Lipinski definition) is 2. The predicted octanol–water partition coefficient (Wildman–Crippen LogP) is 3.35. The Hall–Kier alpha value is -0.0900. The van der Waals surface area contributed by atoms with E-state index in [4.69, 9.17) is 11.6 Å². The lowest BCUT2D eigenvalue weighted by atomic mass is 9.64. The molecule has 0 bridgehead atoms. The largest absolute Gasteiger partial charge is 0.392 e. The molecule has 1 aliphatic rings. The van der Waals surface area contributed by atoms with Crippen molar-refractivity contribution >= 4 is 27.5 Å². The molecule has 2 atom stereocenters. The van der Waals surface area contributed by atoms with E-state index in [1.54, 1.807) is 0 Å². The maximum atomic E-state index is 9.66. The van der Waals surface area contributed by atoms with Crippen molar-refractivity contribution in [1.82, 2.24) is 5.32 Å². The Balaban J connectivity index is 1.93. The molecule has 0 aromatic heterocycles. The summed E-state index contributed by atoms with van der Waals surface area (Å²) in [6.07, 6.45) is 0.644. The van der Waals surface area contributed by atoms with Gasteiger partial charge in [-0.25, -0.2) is 0 Å². The molecule has 1 aromatic carbocycles. The molecule has 2 N–H and O–H groups in total. The molecule has 0 heterocycles. The molecule has 94 valence electrons. The molecule has 0 amide bonds. The van der Waals surface area contributed by atoms with Gasteiger partial charge in [0.2, 0.25) is 0 Å². The van der Waals surface area contributed by atoms with Gasteiger partial charge in [0.15, 0.2) is 0 Å². The number of nitrogens with one attached hydrogen (secondary N) is 1. The maximum Gasteiger partial charge on any atom is 0.0621 e. The quantitative estimate of drug-likeness (QED) is 0.896. The van der Waals surface area contributed by atoms with E-state index in [0.717, 1.165) is 28.0 Å². The van der Waals surface area contributed by atoms with Crippen molar-refractivity contribution in [3.05, 3.63) is 33.3 Å². The van der Waals surface area contributed by atoms with Crippen LogP contribution in [0.2, 0.25) is 5.02 Å². The van der Waals surface area contributed by atoms with Crippen molar-refractivity contribution in [2.75, 3.05) is 0 Å². The summed E-state index contributed by atoms with van der Waals surface area (Å²) in [6.45, 7) is 4.97. The van der Waals surface area contributed by atoms with E-state index in [0.29, 0.717) is 6.04 Å². The third kappa shape index (κ3) is 2.68. The van der Waals surface area contributed by atoms with Crippen molar-refractivity contribution in [3.63, 3.8) is 0 Å². The SMILES string of the molecule is CC1(C)C(O)CC1NCc1ccc(Br)c(Cl)c1. The minimum Gasteiger partial charge on any atom is -0.392 e. The van der Waals surface area contributed by atoms with Crippen LogP contribution in [0.4, 0.5) is 0 Å². The molecule has 0 spiro atoms. The van der Waals surface area contributed by atoms with Gasteiger partial charge in [0.1, 0.15) is 0 Å². The summed E-state index contributed by atoms with van der Waals surface area (Å²) < 4.78 is 0.919. The van der Waals surface area contributed by atoms with Crippen LogP contribution in [-0.2, 0) is 6.54 Å². The normalized spacial score (nSPS) is 26.6. The van der Waals surface area contributed by atoms with Crippen molar-refractivity contribution in [3.8, 4) is 0 Å². The van der Waals surface area contributed by atoms with E-state index in [1.807, 2.05) is 18.2 Å². The molecule has 4 heteroatoms. The van der Waals surface area contributed by atoms with Gasteiger partial charge < -0.3 is 10.4 Å². The fraction of sp³-hybridized carbons (Fsp3) is 0.538. The summed E-state index contributed by atoms with van der Waals surface area (Å²) in [6, 6.07) is 6.34. The molecule has 1 aliphatic carbocycles. The minimum atomic E-state index is -0.187. The number of aliphatic hydroxyl groups is 1. The van der Waals surface area contributed by atoms with Crippen LogP contribution in [0.25, 0.3) is 0 Å². The van der Waals surface area contributed by atoms with Gasteiger partial charge in [-0.05, 0) is 40.0 Å². The molecule has 0 radical (unpaired) electrons. The lowest BCUT2D eigenvalue weighted by Crippen LogP contribution is -2.59. The predicted molar refractivity (Wildman–Crippen MR) is 74.2 cm³/mol. The number of benzene rings is 1. The molecule has 1 aromatic rings.